The zero-order valence-corrected chi connectivity index (χ0v) is 16.6. The molecule has 1 aliphatic rings. The van der Waals surface area contributed by atoms with Crippen LogP contribution in [-0.4, -0.2) is 26.4 Å². The zero-order valence-electron chi connectivity index (χ0n) is 15.8. The van der Waals surface area contributed by atoms with Crippen molar-refractivity contribution in [1.82, 2.24) is 4.90 Å². The van der Waals surface area contributed by atoms with Crippen molar-refractivity contribution in [2.45, 2.75) is 51.0 Å². The Balaban J connectivity index is 1.91. The second kappa shape index (κ2) is 7.51. The van der Waals surface area contributed by atoms with Crippen LogP contribution in [0, 0.1) is 13.8 Å². The summed E-state index contributed by atoms with van der Waals surface area (Å²) < 4.78 is 23.7. The maximum absolute atomic E-state index is 11.8. The Labute approximate surface area is 157 Å². The number of primary sulfonamides is 1. The van der Waals surface area contributed by atoms with Crippen LogP contribution >= 0.6 is 0 Å². The number of nitrogens with two attached hydrogens (primary N) is 1. The van der Waals surface area contributed by atoms with Crippen LogP contribution in [0.2, 0.25) is 0 Å². The number of hydrogen-bond donors (Lipinski definition) is 1. The summed E-state index contributed by atoms with van der Waals surface area (Å²) in [6, 6.07) is 12.5. The van der Waals surface area contributed by atoms with Crippen molar-refractivity contribution in [3.05, 3.63) is 53.1 Å². The molecule has 5 heteroatoms. The molecule has 0 bridgehead atoms. The van der Waals surface area contributed by atoms with E-state index >= 15 is 0 Å². The highest BCUT2D eigenvalue weighted by atomic mass is 32.2. The average Bonchev–Trinajstić information content (AvgIpc) is 2.61. The van der Waals surface area contributed by atoms with E-state index in [0.29, 0.717) is 11.6 Å². The summed E-state index contributed by atoms with van der Waals surface area (Å²) in [5, 5.41) is 5.37. The predicted molar refractivity (Wildman–Crippen MR) is 107 cm³/mol. The van der Waals surface area contributed by atoms with Gasteiger partial charge in [0.1, 0.15) is 0 Å². The summed E-state index contributed by atoms with van der Waals surface area (Å²) in [6.07, 6.45) is 3.89. The highest BCUT2D eigenvalue weighted by Crippen LogP contribution is 2.31. The van der Waals surface area contributed by atoms with Crippen LogP contribution < -0.4 is 5.14 Å². The van der Waals surface area contributed by atoms with Crippen molar-refractivity contribution >= 4 is 10.0 Å². The molecule has 0 radical (unpaired) electrons. The quantitative estimate of drug-likeness (QED) is 0.876. The Morgan fingerprint density at radius 3 is 2.15 bits per heavy atom. The third-order valence-electron chi connectivity index (χ3n) is 5.47. The van der Waals surface area contributed by atoms with Crippen molar-refractivity contribution in [2.75, 3.05) is 13.1 Å². The minimum absolute atomic E-state index is 0.198. The first-order valence-corrected chi connectivity index (χ1v) is 10.8. The van der Waals surface area contributed by atoms with Gasteiger partial charge in [-0.2, -0.15) is 0 Å². The predicted octanol–water partition coefficient (Wildman–Crippen LogP) is 4.16. The van der Waals surface area contributed by atoms with Crippen molar-refractivity contribution in [2.24, 2.45) is 5.14 Å². The van der Waals surface area contributed by atoms with Gasteiger partial charge in [-0.05, 0) is 80.6 Å². The van der Waals surface area contributed by atoms with E-state index in [1.54, 1.807) is 13.0 Å². The molecule has 26 heavy (non-hydrogen) atoms. The van der Waals surface area contributed by atoms with Crippen molar-refractivity contribution in [3.63, 3.8) is 0 Å². The van der Waals surface area contributed by atoms with E-state index in [4.69, 9.17) is 5.14 Å². The lowest BCUT2D eigenvalue weighted by molar-refractivity contribution is 0.175. The normalized spacial score (nSPS) is 17.2. The Kier molecular flexibility index (Phi) is 5.51. The van der Waals surface area contributed by atoms with Gasteiger partial charge in [-0.25, -0.2) is 13.6 Å². The zero-order chi connectivity index (χ0) is 18.9. The Morgan fingerprint density at radius 1 is 0.962 bits per heavy atom. The van der Waals surface area contributed by atoms with Crippen molar-refractivity contribution in [3.8, 4) is 11.1 Å². The molecule has 1 saturated heterocycles. The van der Waals surface area contributed by atoms with Gasteiger partial charge >= 0.3 is 0 Å². The van der Waals surface area contributed by atoms with Crippen LogP contribution in [0.3, 0.4) is 0 Å². The first kappa shape index (κ1) is 19.1. The molecule has 1 atom stereocenters. The maximum Gasteiger partial charge on any atom is 0.238 e. The van der Waals surface area contributed by atoms with Crippen molar-refractivity contribution < 1.29 is 8.42 Å². The number of sulfonamides is 1. The van der Waals surface area contributed by atoms with Gasteiger partial charge in [-0.3, -0.25) is 4.90 Å². The molecule has 3 rings (SSSR count). The Hall–Kier alpha value is -1.69. The molecule has 0 spiro atoms. The van der Waals surface area contributed by atoms with Crippen LogP contribution in [0.1, 0.15) is 48.9 Å². The number of likely N-dealkylation sites (tertiary alicyclic amines) is 1. The summed E-state index contributed by atoms with van der Waals surface area (Å²) in [5.74, 6) is 0. The number of benzene rings is 2. The number of hydrogen-bond acceptors (Lipinski definition) is 3. The SMILES string of the molecule is Cc1cc(C)c(S(N)(=O)=O)cc1-c1ccc(C(C)N2CCCCC2)cc1. The van der Waals surface area contributed by atoms with Crippen LogP contribution in [0.15, 0.2) is 41.3 Å². The summed E-state index contributed by atoms with van der Waals surface area (Å²) >= 11 is 0. The first-order chi connectivity index (χ1) is 12.3. The maximum atomic E-state index is 11.8. The Morgan fingerprint density at radius 2 is 1.58 bits per heavy atom. The molecule has 2 aromatic rings. The molecule has 2 aromatic carbocycles. The monoisotopic (exact) mass is 372 g/mol. The fraction of sp³-hybridized carbons (Fsp3) is 0.429. The van der Waals surface area contributed by atoms with Gasteiger partial charge in [-0.15, -0.1) is 0 Å². The fourth-order valence-electron chi connectivity index (χ4n) is 3.91. The molecule has 1 fully saturated rings. The van der Waals surface area contributed by atoms with Gasteiger partial charge in [-0.1, -0.05) is 36.8 Å². The van der Waals surface area contributed by atoms with E-state index in [-0.39, 0.29) is 4.90 Å². The summed E-state index contributed by atoms with van der Waals surface area (Å²) in [5.41, 5.74) is 4.96. The summed E-state index contributed by atoms with van der Waals surface area (Å²) in [4.78, 5) is 2.73. The molecule has 0 amide bonds. The minimum Gasteiger partial charge on any atom is -0.297 e. The van der Waals surface area contributed by atoms with Gasteiger partial charge in [0.25, 0.3) is 0 Å². The van der Waals surface area contributed by atoms with E-state index < -0.39 is 10.0 Å². The van der Waals surface area contributed by atoms with Gasteiger partial charge in [0.15, 0.2) is 0 Å². The molecular weight excluding hydrogens is 344 g/mol. The molecule has 1 unspecified atom stereocenters. The fourth-order valence-corrected chi connectivity index (χ4v) is 4.70. The van der Waals surface area contributed by atoms with Crippen molar-refractivity contribution in [1.29, 1.82) is 0 Å². The second-order valence-corrected chi connectivity index (χ2v) is 8.90. The van der Waals surface area contributed by atoms with Gasteiger partial charge < -0.3 is 0 Å². The van der Waals surface area contributed by atoms with Crippen LogP contribution in [-0.2, 0) is 10.0 Å². The lowest BCUT2D eigenvalue weighted by atomic mass is 9.96. The first-order valence-electron chi connectivity index (χ1n) is 9.26. The molecule has 0 aliphatic carbocycles. The van der Waals surface area contributed by atoms with Crippen LogP contribution in [0.5, 0.6) is 0 Å². The van der Waals surface area contributed by atoms with E-state index in [1.807, 2.05) is 13.0 Å². The Bertz CT molecular complexity index is 883. The lowest BCUT2D eigenvalue weighted by Crippen LogP contribution is -2.32. The number of piperidine rings is 1. The molecular formula is C21H28N2O2S. The van der Waals surface area contributed by atoms with Gasteiger partial charge in [0.05, 0.1) is 4.90 Å². The molecule has 1 aliphatic heterocycles. The van der Waals surface area contributed by atoms with E-state index in [0.717, 1.165) is 29.8 Å². The molecule has 4 nitrogen and oxygen atoms in total. The lowest BCUT2D eigenvalue weighted by Gasteiger charge is -2.32. The average molecular weight is 373 g/mol. The number of aryl methyl sites for hydroxylation is 2. The summed E-state index contributed by atoms with van der Waals surface area (Å²) in [6.45, 7) is 8.37. The van der Waals surface area contributed by atoms with E-state index in [9.17, 15) is 8.42 Å². The van der Waals surface area contributed by atoms with E-state index in [1.165, 1.54) is 24.8 Å². The van der Waals surface area contributed by atoms with Crippen LogP contribution in [0.4, 0.5) is 0 Å². The van der Waals surface area contributed by atoms with Crippen LogP contribution in [0.25, 0.3) is 11.1 Å². The molecule has 1 heterocycles. The number of rotatable bonds is 4. The molecule has 0 aromatic heterocycles. The smallest absolute Gasteiger partial charge is 0.238 e. The summed E-state index contributed by atoms with van der Waals surface area (Å²) in [7, 11) is -3.72. The molecule has 140 valence electrons. The standard InChI is InChI=1S/C21H28N2O2S/c1-15-13-16(2)21(26(22,24)25)14-20(15)19-9-7-18(8-10-19)17(3)23-11-5-4-6-12-23/h7-10,13-14,17H,4-6,11-12H2,1-3H3,(H2,22,24,25). The highest BCUT2D eigenvalue weighted by Gasteiger charge is 2.19. The third kappa shape index (κ3) is 4.00. The van der Waals surface area contributed by atoms with E-state index in [2.05, 4.69) is 36.1 Å². The topological polar surface area (TPSA) is 63.4 Å². The number of nitrogens with zero attached hydrogens (tertiary/aromatic N) is 1. The molecule has 0 saturated carbocycles. The third-order valence-corrected chi connectivity index (χ3v) is 6.52. The minimum atomic E-state index is -3.72. The molecule has 2 N–H and O–H groups in total. The highest BCUT2D eigenvalue weighted by molar-refractivity contribution is 7.89. The van der Waals surface area contributed by atoms with Gasteiger partial charge in [0.2, 0.25) is 10.0 Å². The largest absolute Gasteiger partial charge is 0.297 e. The van der Waals surface area contributed by atoms with Gasteiger partial charge in [0, 0.05) is 6.04 Å². The second-order valence-electron chi connectivity index (χ2n) is 7.37.